The molecule has 0 N–H and O–H groups in total. The molecule has 108 valence electrons. The second-order valence-corrected chi connectivity index (χ2v) is 6.25. The van der Waals surface area contributed by atoms with Gasteiger partial charge in [-0.15, -0.1) is 0 Å². The van der Waals surface area contributed by atoms with Gasteiger partial charge in [-0.05, 0) is 24.7 Å². The minimum absolute atomic E-state index is 0.255. The number of ether oxygens (including phenoxy) is 2. The first-order valence-corrected chi connectivity index (χ1v) is 7.67. The van der Waals surface area contributed by atoms with Gasteiger partial charge in [0.2, 0.25) is 0 Å². The Labute approximate surface area is 113 Å². The fourth-order valence-electron chi connectivity index (χ4n) is 3.47. The van der Waals surface area contributed by atoms with Crippen LogP contribution >= 0.6 is 0 Å². The zero-order valence-corrected chi connectivity index (χ0v) is 12.8. The van der Waals surface area contributed by atoms with E-state index in [9.17, 15) is 0 Å². The molecule has 0 spiro atoms. The Balaban J connectivity index is 2.66. The Bertz CT molecular complexity index is 201. The first-order chi connectivity index (χ1) is 8.69. The van der Waals surface area contributed by atoms with Crippen molar-refractivity contribution >= 4 is 0 Å². The van der Waals surface area contributed by atoms with Crippen LogP contribution in [0, 0.1) is 17.3 Å². The average Bonchev–Trinajstić information content (AvgIpc) is 2.32. The van der Waals surface area contributed by atoms with E-state index in [0.717, 1.165) is 25.0 Å². The van der Waals surface area contributed by atoms with Crippen LogP contribution in [0.3, 0.4) is 0 Å². The lowest BCUT2D eigenvalue weighted by atomic mass is 9.68. The average molecular weight is 256 g/mol. The Kier molecular flexibility index (Phi) is 7.25. The molecule has 1 aliphatic rings. The predicted octanol–water partition coefficient (Wildman–Crippen LogP) is 4.28. The Morgan fingerprint density at radius 2 is 1.61 bits per heavy atom. The van der Waals surface area contributed by atoms with Crippen LogP contribution in [0.5, 0.6) is 0 Å². The smallest absolute Gasteiger partial charge is 0.0540 e. The number of hydrogen-bond donors (Lipinski definition) is 0. The van der Waals surface area contributed by atoms with Gasteiger partial charge in [-0.3, -0.25) is 0 Å². The summed E-state index contributed by atoms with van der Waals surface area (Å²) in [5.41, 5.74) is 0.255. The monoisotopic (exact) mass is 256 g/mol. The first kappa shape index (κ1) is 16.0. The second-order valence-electron chi connectivity index (χ2n) is 6.25. The summed E-state index contributed by atoms with van der Waals surface area (Å²) in [6.45, 7) is 6.32. The highest BCUT2D eigenvalue weighted by Gasteiger charge is 2.36. The fraction of sp³-hybridized carbons (Fsp3) is 1.00. The molecule has 18 heavy (non-hydrogen) atoms. The lowest BCUT2D eigenvalue weighted by molar-refractivity contribution is -0.0296. The molecule has 0 aliphatic heterocycles. The van der Waals surface area contributed by atoms with Gasteiger partial charge in [0.15, 0.2) is 0 Å². The van der Waals surface area contributed by atoms with Crippen LogP contribution in [-0.4, -0.2) is 27.4 Å². The largest absolute Gasteiger partial charge is 0.384 e. The van der Waals surface area contributed by atoms with Gasteiger partial charge in [0, 0.05) is 19.6 Å². The molecule has 0 amide bonds. The van der Waals surface area contributed by atoms with Crippen molar-refractivity contribution in [3.8, 4) is 0 Å². The molecule has 0 unspecified atom stereocenters. The summed E-state index contributed by atoms with van der Waals surface area (Å²) < 4.78 is 11.1. The molecule has 0 aromatic heterocycles. The molecule has 2 heteroatoms. The lowest BCUT2D eigenvalue weighted by Gasteiger charge is -2.40. The second kappa shape index (κ2) is 8.16. The first-order valence-electron chi connectivity index (χ1n) is 7.67. The molecule has 1 rings (SSSR count). The summed E-state index contributed by atoms with van der Waals surface area (Å²) in [7, 11) is 3.66. The van der Waals surface area contributed by atoms with E-state index in [1.165, 1.54) is 44.9 Å². The van der Waals surface area contributed by atoms with E-state index in [1.54, 1.807) is 0 Å². The van der Waals surface area contributed by atoms with Crippen LogP contribution in [0.1, 0.15) is 58.8 Å². The molecule has 2 nitrogen and oxygen atoms in total. The Morgan fingerprint density at radius 1 is 1.06 bits per heavy atom. The van der Waals surface area contributed by atoms with Crippen LogP contribution in [0.4, 0.5) is 0 Å². The summed E-state index contributed by atoms with van der Waals surface area (Å²) in [6, 6.07) is 0. The number of hydrogen-bond acceptors (Lipinski definition) is 2. The summed E-state index contributed by atoms with van der Waals surface area (Å²) in [4.78, 5) is 0. The van der Waals surface area contributed by atoms with Crippen LogP contribution in [0.15, 0.2) is 0 Å². The summed E-state index contributed by atoms with van der Waals surface area (Å²) in [6.07, 6.45) is 9.36. The zero-order valence-electron chi connectivity index (χ0n) is 12.8. The van der Waals surface area contributed by atoms with E-state index >= 15 is 0 Å². The minimum Gasteiger partial charge on any atom is -0.384 e. The normalized spacial score (nSPS) is 17.2. The van der Waals surface area contributed by atoms with Gasteiger partial charge in [-0.2, -0.15) is 0 Å². The van der Waals surface area contributed by atoms with Crippen molar-refractivity contribution in [2.75, 3.05) is 27.4 Å². The predicted molar refractivity (Wildman–Crippen MR) is 76.8 cm³/mol. The molecule has 1 fully saturated rings. The Hall–Kier alpha value is -0.0800. The van der Waals surface area contributed by atoms with E-state index in [-0.39, 0.29) is 5.41 Å². The SMILES string of the molecule is CCC(CC)CC(COC)(COC)CC1CCC1. The van der Waals surface area contributed by atoms with Crippen molar-refractivity contribution in [3.63, 3.8) is 0 Å². The summed E-state index contributed by atoms with van der Waals surface area (Å²) in [5, 5.41) is 0. The molecule has 1 saturated carbocycles. The van der Waals surface area contributed by atoms with E-state index in [0.29, 0.717) is 0 Å². The molecule has 0 radical (unpaired) electrons. The fourth-order valence-corrected chi connectivity index (χ4v) is 3.47. The highest BCUT2D eigenvalue weighted by molar-refractivity contribution is 4.86. The highest BCUT2D eigenvalue weighted by Crippen LogP contribution is 2.42. The zero-order chi connectivity index (χ0) is 13.4. The van der Waals surface area contributed by atoms with E-state index in [2.05, 4.69) is 13.8 Å². The quantitative estimate of drug-likeness (QED) is 0.581. The highest BCUT2D eigenvalue weighted by atomic mass is 16.5. The van der Waals surface area contributed by atoms with Crippen molar-refractivity contribution in [1.29, 1.82) is 0 Å². The summed E-state index contributed by atoms with van der Waals surface area (Å²) in [5.74, 6) is 1.74. The number of rotatable bonds is 10. The van der Waals surface area contributed by atoms with Gasteiger partial charge < -0.3 is 9.47 Å². The van der Waals surface area contributed by atoms with E-state index in [4.69, 9.17) is 9.47 Å². The van der Waals surface area contributed by atoms with Gasteiger partial charge in [0.1, 0.15) is 0 Å². The molecule has 0 saturated heterocycles. The third kappa shape index (κ3) is 4.55. The van der Waals surface area contributed by atoms with Crippen LogP contribution < -0.4 is 0 Å². The third-order valence-electron chi connectivity index (χ3n) is 4.72. The standard InChI is InChI=1S/C16H32O2/c1-5-14(6-2)10-16(12-17-3,13-18-4)11-15-8-7-9-15/h14-15H,5-13H2,1-4H3. The minimum atomic E-state index is 0.255. The maximum atomic E-state index is 5.54. The van der Waals surface area contributed by atoms with Gasteiger partial charge >= 0.3 is 0 Å². The van der Waals surface area contributed by atoms with Gasteiger partial charge in [-0.1, -0.05) is 46.0 Å². The van der Waals surface area contributed by atoms with E-state index in [1.807, 2.05) is 14.2 Å². The molecule has 1 aliphatic carbocycles. The molecular weight excluding hydrogens is 224 g/mol. The maximum absolute atomic E-state index is 5.54. The van der Waals surface area contributed by atoms with Crippen molar-refractivity contribution < 1.29 is 9.47 Å². The topological polar surface area (TPSA) is 18.5 Å². The van der Waals surface area contributed by atoms with Crippen molar-refractivity contribution in [3.05, 3.63) is 0 Å². The number of methoxy groups -OCH3 is 2. The molecule has 0 aromatic carbocycles. The van der Waals surface area contributed by atoms with E-state index < -0.39 is 0 Å². The molecule has 0 bridgehead atoms. The lowest BCUT2D eigenvalue weighted by Crippen LogP contribution is -2.37. The third-order valence-corrected chi connectivity index (χ3v) is 4.72. The Morgan fingerprint density at radius 3 is 1.94 bits per heavy atom. The van der Waals surface area contributed by atoms with Crippen molar-refractivity contribution in [2.24, 2.45) is 17.3 Å². The molecule has 0 aromatic rings. The van der Waals surface area contributed by atoms with Gasteiger partial charge in [0.25, 0.3) is 0 Å². The molecule has 0 atom stereocenters. The van der Waals surface area contributed by atoms with Crippen LogP contribution in [-0.2, 0) is 9.47 Å². The van der Waals surface area contributed by atoms with Gasteiger partial charge in [0.05, 0.1) is 13.2 Å². The molecular formula is C16H32O2. The van der Waals surface area contributed by atoms with Crippen LogP contribution in [0.2, 0.25) is 0 Å². The van der Waals surface area contributed by atoms with Gasteiger partial charge in [-0.25, -0.2) is 0 Å². The maximum Gasteiger partial charge on any atom is 0.0540 e. The van der Waals surface area contributed by atoms with Crippen molar-refractivity contribution in [2.45, 2.75) is 58.8 Å². The van der Waals surface area contributed by atoms with Crippen molar-refractivity contribution in [1.82, 2.24) is 0 Å². The van der Waals surface area contributed by atoms with Crippen LogP contribution in [0.25, 0.3) is 0 Å². The summed E-state index contributed by atoms with van der Waals surface area (Å²) >= 11 is 0. The molecule has 0 heterocycles.